The van der Waals surface area contributed by atoms with Gasteiger partial charge in [-0.2, -0.15) is 0 Å². The maximum atomic E-state index is 13.2. The zero-order valence-electron chi connectivity index (χ0n) is 18.0. The van der Waals surface area contributed by atoms with Crippen molar-refractivity contribution in [2.24, 2.45) is 14.1 Å². The Balaban J connectivity index is 2.54. The number of hydrogen-bond acceptors (Lipinski definition) is 7. The van der Waals surface area contributed by atoms with E-state index in [1.165, 1.54) is 39.0 Å². The van der Waals surface area contributed by atoms with Crippen LogP contribution in [-0.2, 0) is 18.8 Å². The molecule has 9 heteroatoms. The number of fused-ring (bicyclic) bond motifs is 1. The minimum Gasteiger partial charge on any atom is -0.493 e. The molecule has 0 saturated heterocycles. The van der Waals surface area contributed by atoms with Crippen LogP contribution in [0.1, 0.15) is 16.1 Å². The molecule has 0 spiro atoms. The molecule has 0 bridgehead atoms. The first-order chi connectivity index (χ1) is 14.8. The Labute approximate surface area is 178 Å². The summed E-state index contributed by atoms with van der Waals surface area (Å²) in [5.74, 6) is 0.236. The van der Waals surface area contributed by atoms with Crippen molar-refractivity contribution in [3.05, 3.63) is 62.9 Å². The zero-order chi connectivity index (χ0) is 22.9. The second-order valence-corrected chi connectivity index (χ2v) is 6.81. The summed E-state index contributed by atoms with van der Waals surface area (Å²) in [5.41, 5.74) is 0.309. The molecule has 1 aromatic carbocycles. The number of esters is 1. The standard InChI is InChI=1S/C22H23N3O6/c1-7-10-31-21(27)16-12(2)23-19-18(20(26)25(4)22(28)24(19)3)17(16)13-8-9-14(29-5)15(11-13)30-6/h7-9,11H,1,10H2,2-6H3. The SMILES string of the molecule is C=CCOC(=O)c1c(C)nc2c(c1-c1ccc(OC)c(OC)c1)c(=O)n(C)c(=O)n2C. The van der Waals surface area contributed by atoms with Gasteiger partial charge in [0.1, 0.15) is 12.3 Å². The molecular formula is C22H23N3O6. The molecule has 0 atom stereocenters. The van der Waals surface area contributed by atoms with E-state index in [4.69, 9.17) is 14.2 Å². The van der Waals surface area contributed by atoms with Crippen LogP contribution in [0.2, 0.25) is 0 Å². The van der Waals surface area contributed by atoms with E-state index in [-0.39, 0.29) is 23.2 Å². The highest BCUT2D eigenvalue weighted by Crippen LogP contribution is 2.37. The van der Waals surface area contributed by atoms with Crippen LogP contribution in [0.3, 0.4) is 0 Å². The summed E-state index contributed by atoms with van der Waals surface area (Å²) in [7, 11) is 5.88. The molecule has 0 saturated carbocycles. The number of carbonyl (C=O) groups is 1. The van der Waals surface area contributed by atoms with Gasteiger partial charge in [0, 0.05) is 19.7 Å². The van der Waals surface area contributed by atoms with Crippen molar-refractivity contribution in [1.82, 2.24) is 14.1 Å². The molecule has 2 heterocycles. The second kappa shape index (κ2) is 8.47. The number of nitrogens with zero attached hydrogens (tertiary/aromatic N) is 3. The van der Waals surface area contributed by atoms with Gasteiger partial charge in [-0.3, -0.25) is 13.9 Å². The molecule has 0 unspecified atom stereocenters. The van der Waals surface area contributed by atoms with E-state index >= 15 is 0 Å². The summed E-state index contributed by atoms with van der Waals surface area (Å²) in [6.45, 7) is 5.17. The van der Waals surface area contributed by atoms with Gasteiger partial charge < -0.3 is 14.2 Å². The van der Waals surface area contributed by atoms with Crippen LogP contribution in [0.5, 0.6) is 11.5 Å². The number of hydrogen-bond donors (Lipinski definition) is 0. The Morgan fingerprint density at radius 2 is 1.81 bits per heavy atom. The lowest BCUT2D eigenvalue weighted by molar-refractivity contribution is 0.0549. The number of benzene rings is 1. The first-order valence-electron chi connectivity index (χ1n) is 9.37. The van der Waals surface area contributed by atoms with Crippen LogP contribution < -0.4 is 20.7 Å². The van der Waals surface area contributed by atoms with Crippen molar-refractivity contribution in [2.45, 2.75) is 6.92 Å². The molecule has 0 fully saturated rings. The number of aromatic nitrogens is 3. The number of methoxy groups -OCH3 is 2. The molecule has 0 radical (unpaired) electrons. The Hall–Kier alpha value is -3.88. The van der Waals surface area contributed by atoms with E-state index in [9.17, 15) is 14.4 Å². The van der Waals surface area contributed by atoms with Crippen molar-refractivity contribution >= 4 is 17.0 Å². The highest BCUT2D eigenvalue weighted by molar-refractivity contribution is 6.07. The first-order valence-corrected chi connectivity index (χ1v) is 9.37. The van der Waals surface area contributed by atoms with Gasteiger partial charge in [0.15, 0.2) is 11.5 Å². The van der Waals surface area contributed by atoms with Crippen molar-refractivity contribution in [1.29, 1.82) is 0 Å². The highest BCUT2D eigenvalue weighted by Gasteiger charge is 2.26. The van der Waals surface area contributed by atoms with E-state index in [1.54, 1.807) is 25.1 Å². The summed E-state index contributed by atoms with van der Waals surface area (Å²) >= 11 is 0. The summed E-state index contributed by atoms with van der Waals surface area (Å²) < 4.78 is 18.2. The highest BCUT2D eigenvalue weighted by atomic mass is 16.5. The predicted molar refractivity (Wildman–Crippen MR) is 116 cm³/mol. The number of rotatable bonds is 6. The van der Waals surface area contributed by atoms with Crippen molar-refractivity contribution in [3.8, 4) is 22.6 Å². The van der Waals surface area contributed by atoms with Gasteiger partial charge in [-0.05, 0) is 24.6 Å². The summed E-state index contributed by atoms with van der Waals surface area (Å²) in [5, 5.41) is 0.118. The maximum Gasteiger partial charge on any atom is 0.340 e. The van der Waals surface area contributed by atoms with Crippen LogP contribution in [-0.4, -0.2) is 40.9 Å². The van der Waals surface area contributed by atoms with Gasteiger partial charge in [-0.1, -0.05) is 18.7 Å². The monoisotopic (exact) mass is 425 g/mol. The summed E-state index contributed by atoms with van der Waals surface area (Å²) in [6.07, 6.45) is 1.44. The quantitative estimate of drug-likeness (QED) is 0.439. The van der Waals surface area contributed by atoms with Gasteiger partial charge in [0.25, 0.3) is 5.56 Å². The smallest absolute Gasteiger partial charge is 0.340 e. The predicted octanol–water partition coefficient (Wildman–Crippen LogP) is 1.97. The number of carbonyl (C=O) groups excluding carboxylic acids is 1. The minimum absolute atomic E-state index is 0.00697. The fourth-order valence-electron chi connectivity index (χ4n) is 3.44. The molecule has 0 aliphatic rings. The van der Waals surface area contributed by atoms with Crippen LogP contribution in [0.25, 0.3) is 22.2 Å². The van der Waals surface area contributed by atoms with Gasteiger partial charge >= 0.3 is 11.7 Å². The van der Waals surface area contributed by atoms with E-state index in [1.807, 2.05) is 0 Å². The van der Waals surface area contributed by atoms with E-state index in [0.717, 1.165) is 4.57 Å². The fraction of sp³-hybridized carbons (Fsp3) is 0.273. The topological polar surface area (TPSA) is 102 Å². The minimum atomic E-state index is -0.660. The average molecular weight is 425 g/mol. The van der Waals surface area contributed by atoms with Gasteiger partial charge in [0.05, 0.1) is 30.9 Å². The Morgan fingerprint density at radius 1 is 1.13 bits per heavy atom. The molecule has 2 aromatic heterocycles. The van der Waals surface area contributed by atoms with Crippen LogP contribution in [0.4, 0.5) is 0 Å². The number of pyridine rings is 1. The molecule has 0 amide bonds. The van der Waals surface area contributed by atoms with Crippen LogP contribution in [0.15, 0.2) is 40.4 Å². The van der Waals surface area contributed by atoms with Crippen molar-refractivity contribution in [2.75, 3.05) is 20.8 Å². The third-order valence-electron chi connectivity index (χ3n) is 4.98. The van der Waals surface area contributed by atoms with Gasteiger partial charge in [-0.15, -0.1) is 0 Å². The first kappa shape index (κ1) is 21.8. The normalized spacial score (nSPS) is 10.7. The third kappa shape index (κ3) is 3.58. The largest absolute Gasteiger partial charge is 0.493 e. The van der Waals surface area contributed by atoms with E-state index in [2.05, 4.69) is 11.6 Å². The summed E-state index contributed by atoms with van der Waals surface area (Å²) in [4.78, 5) is 43.0. The Kier molecular flexibility index (Phi) is 5.96. The molecule has 0 N–H and O–H groups in total. The van der Waals surface area contributed by atoms with Crippen molar-refractivity contribution in [3.63, 3.8) is 0 Å². The molecule has 31 heavy (non-hydrogen) atoms. The number of aryl methyl sites for hydroxylation is 2. The van der Waals surface area contributed by atoms with Gasteiger partial charge in [-0.25, -0.2) is 14.6 Å². The second-order valence-electron chi connectivity index (χ2n) is 6.81. The molecular weight excluding hydrogens is 402 g/mol. The maximum absolute atomic E-state index is 13.2. The zero-order valence-corrected chi connectivity index (χ0v) is 18.0. The lowest BCUT2D eigenvalue weighted by atomic mass is 9.95. The Morgan fingerprint density at radius 3 is 2.42 bits per heavy atom. The molecule has 9 nitrogen and oxygen atoms in total. The average Bonchev–Trinajstić information content (AvgIpc) is 2.78. The molecule has 0 aliphatic heterocycles. The Bertz CT molecular complexity index is 1320. The fourth-order valence-corrected chi connectivity index (χ4v) is 3.44. The van der Waals surface area contributed by atoms with Crippen molar-refractivity contribution < 1.29 is 19.0 Å². The number of ether oxygens (including phenoxy) is 3. The lowest BCUT2D eigenvalue weighted by Crippen LogP contribution is -2.38. The van der Waals surface area contributed by atoms with E-state index in [0.29, 0.717) is 28.3 Å². The van der Waals surface area contributed by atoms with E-state index < -0.39 is 17.2 Å². The molecule has 3 aromatic rings. The van der Waals surface area contributed by atoms with Gasteiger partial charge in [0.2, 0.25) is 0 Å². The molecule has 3 rings (SSSR count). The third-order valence-corrected chi connectivity index (χ3v) is 4.98. The van der Waals surface area contributed by atoms with Crippen LogP contribution in [0, 0.1) is 6.92 Å². The lowest BCUT2D eigenvalue weighted by Gasteiger charge is -2.17. The molecule has 0 aliphatic carbocycles. The molecule has 162 valence electrons. The summed E-state index contributed by atoms with van der Waals surface area (Å²) in [6, 6.07) is 5.02. The van der Waals surface area contributed by atoms with Crippen LogP contribution >= 0.6 is 0 Å².